The van der Waals surface area contributed by atoms with E-state index in [2.05, 4.69) is 31.5 Å². The summed E-state index contributed by atoms with van der Waals surface area (Å²) in [6.07, 6.45) is 0. The van der Waals surface area contributed by atoms with E-state index in [1.807, 2.05) is 12.1 Å². The number of aromatic nitrogens is 4. The SMILES string of the molecule is Nc1cccc(-c2nnnn2-c2ccc(Br)c(Cl)c2Cl)c1. The molecule has 0 saturated heterocycles. The minimum absolute atomic E-state index is 0.364. The van der Waals surface area contributed by atoms with Gasteiger partial charge in [0, 0.05) is 15.7 Å². The molecule has 21 heavy (non-hydrogen) atoms. The number of tetrazole rings is 1. The highest BCUT2D eigenvalue weighted by atomic mass is 79.9. The monoisotopic (exact) mass is 383 g/mol. The maximum absolute atomic E-state index is 6.28. The highest BCUT2D eigenvalue weighted by Gasteiger charge is 2.16. The summed E-state index contributed by atoms with van der Waals surface area (Å²) in [6.45, 7) is 0. The lowest BCUT2D eigenvalue weighted by molar-refractivity contribution is 0.791. The molecule has 0 amide bonds. The van der Waals surface area contributed by atoms with Gasteiger partial charge in [0.05, 0.1) is 15.7 Å². The van der Waals surface area contributed by atoms with Gasteiger partial charge in [-0.2, -0.15) is 4.68 Å². The van der Waals surface area contributed by atoms with Gasteiger partial charge in [0.2, 0.25) is 0 Å². The van der Waals surface area contributed by atoms with Crippen LogP contribution in [0.25, 0.3) is 17.1 Å². The van der Waals surface area contributed by atoms with Crippen molar-refractivity contribution in [2.75, 3.05) is 5.73 Å². The second-order valence-electron chi connectivity index (χ2n) is 4.23. The van der Waals surface area contributed by atoms with Crippen LogP contribution in [-0.2, 0) is 0 Å². The maximum atomic E-state index is 6.28. The van der Waals surface area contributed by atoms with Gasteiger partial charge in [-0.05, 0) is 50.6 Å². The Labute approximate surface area is 138 Å². The standard InChI is InChI=1S/C13H8BrCl2N5/c14-9-4-5-10(12(16)11(9)15)21-13(18-19-20-21)7-2-1-3-8(17)6-7/h1-6H,17H2. The minimum Gasteiger partial charge on any atom is -0.399 e. The molecule has 5 nitrogen and oxygen atoms in total. The molecule has 0 aliphatic heterocycles. The van der Waals surface area contributed by atoms with E-state index in [0.717, 1.165) is 5.56 Å². The van der Waals surface area contributed by atoms with Gasteiger partial charge >= 0.3 is 0 Å². The van der Waals surface area contributed by atoms with E-state index >= 15 is 0 Å². The van der Waals surface area contributed by atoms with E-state index < -0.39 is 0 Å². The quantitative estimate of drug-likeness (QED) is 0.535. The first kappa shape index (κ1) is 14.3. The Hall–Kier alpha value is -1.63. The number of nitrogens with two attached hydrogens (primary N) is 1. The number of halogens is 3. The Morgan fingerprint density at radius 2 is 1.90 bits per heavy atom. The molecule has 0 spiro atoms. The molecule has 1 aromatic heterocycles. The van der Waals surface area contributed by atoms with Crippen molar-refractivity contribution in [2.24, 2.45) is 0 Å². The average Bonchev–Trinajstić information content (AvgIpc) is 2.94. The first-order valence-electron chi connectivity index (χ1n) is 5.86. The highest BCUT2D eigenvalue weighted by molar-refractivity contribution is 9.10. The van der Waals surface area contributed by atoms with E-state index in [4.69, 9.17) is 28.9 Å². The Kier molecular flexibility index (Phi) is 3.84. The van der Waals surface area contributed by atoms with Crippen molar-refractivity contribution in [3.63, 3.8) is 0 Å². The van der Waals surface area contributed by atoms with Crippen molar-refractivity contribution in [1.29, 1.82) is 0 Å². The molecule has 0 saturated carbocycles. The van der Waals surface area contributed by atoms with E-state index in [9.17, 15) is 0 Å². The van der Waals surface area contributed by atoms with Crippen molar-refractivity contribution in [3.05, 3.63) is 50.9 Å². The van der Waals surface area contributed by atoms with Crippen LogP contribution in [0.5, 0.6) is 0 Å². The zero-order valence-electron chi connectivity index (χ0n) is 10.5. The summed E-state index contributed by atoms with van der Waals surface area (Å²) < 4.78 is 2.23. The minimum atomic E-state index is 0.364. The summed E-state index contributed by atoms with van der Waals surface area (Å²) in [5, 5.41) is 12.5. The zero-order chi connectivity index (χ0) is 15.0. The third-order valence-corrected chi connectivity index (χ3v) is 4.62. The second-order valence-corrected chi connectivity index (χ2v) is 5.84. The van der Waals surface area contributed by atoms with Gasteiger partial charge in [0.1, 0.15) is 0 Å². The average molecular weight is 385 g/mol. The first-order chi connectivity index (χ1) is 10.1. The Balaban J connectivity index is 2.18. The molecule has 0 bridgehead atoms. The molecule has 8 heteroatoms. The molecular weight excluding hydrogens is 377 g/mol. The predicted octanol–water partition coefficient (Wildman–Crippen LogP) is 3.98. The summed E-state index contributed by atoms with van der Waals surface area (Å²) >= 11 is 15.7. The molecule has 106 valence electrons. The molecular formula is C13H8BrCl2N5. The number of rotatable bonds is 2. The van der Waals surface area contributed by atoms with Crippen LogP contribution < -0.4 is 5.73 Å². The number of anilines is 1. The molecule has 0 atom stereocenters. The molecule has 2 aromatic carbocycles. The van der Waals surface area contributed by atoms with Gasteiger partial charge in [0.15, 0.2) is 5.82 Å². The van der Waals surface area contributed by atoms with Crippen LogP contribution in [0.1, 0.15) is 0 Å². The molecule has 0 unspecified atom stereocenters. The topological polar surface area (TPSA) is 69.6 Å². The molecule has 0 radical (unpaired) electrons. The molecule has 3 aromatic rings. The lowest BCUT2D eigenvalue weighted by Gasteiger charge is -2.09. The molecule has 0 aliphatic carbocycles. The number of nitrogens with zero attached hydrogens (tertiary/aromatic N) is 4. The molecule has 0 aliphatic rings. The van der Waals surface area contributed by atoms with Gasteiger partial charge in [0.25, 0.3) is 0 Å². The number of hydrogen-bond donors (Lipinski definition) is 1. The van der Waals surface area contributed by atoms with Crippen LogP contribution in [0, 0.1) is 0 Å². The van der Waals surface area contributed by atoms with Crippen LogP contribution in [0.3, 0.4) is 0 Å². The van der Waals surface area contributed by atoms with E-state index in [1.165, 1.54) is 4.68 Å². The predicted molar refractivity (Wildman–Crippen MR) is 86.7 cm³/mol. The van der Waals surface area contributed by atoms with Crippen molar-refractivity contribution in [3.8, 4) is 17.1 Å². The number of benzene rings is 2. The Morgan fingerprint density at radius 3 is 2.67 bits per heavy atom. The van der Waals surface area contributed by atoms with E-state index in [0.29, 0.717) is 31.7 Å². The fraction of sp³-hybridized carbons (Fsp3) is 0. The van der Waals surface area contributed by atoms with Gasteiger partial charge in [-0.25, -0.2) is 0 Å². The van der Waals surface area contributed by atoms with Crippen molar-refractivity contribution in [2.45, 2.75) is 0 Å². The molecule has 0 fully saturated rings. The number of nitrogen functional groups attached to an aromatic ring is 1. The molecule has 1 heterocycles. The normalized spacial score (nSPS) is 10.8. The Morgan fingerprint density at radius 1 is 1.10 bits per heavy atom. The van der Waals surface area contributed by atoms with E-state index in [1.54, 1.807) is 24.3 Å². The summed E-state index contributed by atoms with van der Waals surface area (Å²) in [7, 11) is 0. The zero-order valence-corrected chi connectivity index (χ0v) is 13.6. The third-order valence-electron chi connectivity index (χ3n) is 2.86. The smallest absolute Gasteiger partial charge is 0.187 e. The largest absolute Gasteiger partial charge is 0.399 e. The fourth-order valence-electron chi connectivity index (χ4n) is 1.89. The summed E-state index contributed by atoms with van der Waals surface area (Å²) in [5.41, 5.74) is 7.80. The molecule has 3 rings (SSSR count). The first-order valence-corrected chi connectivity index (χ1v) is 7.41. The van der Waals surface area contributed by atoms with Crippen molar-refractivity contribution in [1.82, 2.24) is 20.2 Å². The van der Waals surface area contributed by atoms with Crippen LogP contribution >= 0.6 is 39.1 Å². The van der Waals surface area contributed by atoms with E-state index in [-0.39, 0.29) is 0 Å². The lowest BCUT2D eigenvalue weighted by atomic mass is 10.2. The summed E-state index contributed by atoms with van der Waals surface area (Å²) in [5.74, 6) is 0.530. The van der Waals surface area contributed by atoms with Gasteiger partial charge in [-0.15, -0.1) is 5.10 Å². The molecule has 2 N–H and O–H groups in total. The summed E-state index contributed by atoms with van der Waals surface area (Å²) in [4.78, 5) is 0. The van der Waals surface area contributed by atoms with Crippen molar-refractivity contribution < 1.29 is 0 Å². The maximum Gasteiger partial charge on any atom is 0.187 e. The fourth-order valence-corrected chi connectivity index (χ4v) is 2.74. The van der Waals surface area contributed by atoms with Crippen LogP contribution in [0.15, 0.2) is 40.9 Å². The second kappa shape index (κ2) is 5.63. The summed E-state index contributed by atoms with van der Waals surface area (Å²) in [6, 6.07) is 10.9. The lowest BCUT2D eigenvalue weighted by Crippen LogP contribution is -2.01. The van der Waals surface area contributed by atoms with Crippen LogP contribution in [-0.4, -0.2) is 20.2 Å². The van der Waals surface area contributed by atoms with Gasteiger partial charge < -0.3 is 5.73 Å². The van der Waals surface area contributed by atoms with Gasteiger partial charge in [-0.3, -0.25) is 0 Å². The number of hydrogen-bond acceptors (Lipinski definition) is 4. The highest BCUT2D eigenvalue weighted by Crippen LogP contribution is 2.35. The Bertz CT molecular complexity index is 818. The van der Waals surface area contributed by atoms with Crippen LogP contribution in [0.4, 0.5) is 5.69 Å². The van der Waals surface area contributed by atoms with Gasteiger partial charge in [-0.1, -0.05) is 35.3 Å². The van der Waals surface area contributed by atoms with Crippen LogP contribution in [0.2, 0.25) is 10.0 Å². The van der Waals surface area contributed by atoms with Crippen molar-refractivity contribution >= 4 is 44.8 Å². The third kappa shape index (κ3) is 2.62.